The van der Waals surface area contributed by atoms with Gasteiger partial charge in [-0.05, 0) is 18.1 Å². The number of carbonyl (C=O) groups excluding carboxylic acids is 1. The van der Waals surface area contributed by atoms with Crippen molar-refractivity contribution in [3.8, 4) is 0 Å². The van der Waals surface area contributed by atoms with E-state index in [0.29, 0.717) is 12.0 Å². The molecule has 0 heterocycles. The SMILES string of the molecule is C=CCC1=C[C@@H](O)CC1=O. The molecular formula is C8H10O2. The lowest BCUT2D eigenvalue weighted by Crippen LogP contribution is -2.00. The van der Waals surface area contributed by atoms with Crippen LogP contribution in [-0.2, 0) is 4.79 Å². The number of Topliss-reactive ketones (excluding diaryl/α,β-unsaturated/α-hetero) is 1. The van der Waals surface area contributed by atoms with Gasteiger partial charge < -0.3 is 5.11 Å². The second-order valence-corrected chi connectivity index (χ2v) is 2.38. The Hall–Kier alpha value is -0.890. The molecule has 0 aromatic heterocycles. The number of ketones is 1. The zero-order chi connectivity index (χ0) is 7.56. The molecule has 0 aromatic carbocycles. The third-order valence-corrected chi connectivity index (χ3v) is 1.51. The van der Waals surface area contributed by atoms with E-state index < -0.39 is 6.10 Å². The largest absolute Gasteiger partial charge is 0.389 e. The van der Waals surface area contributed by atoms with E-state index in [-0.39, 0.29) is 12.2 Å². The Kier molecular flexibility index (Phi) is 2.02. The number of aliphatic hydroxyl groups excluding tert-OH is 1. The maximum Gasteiger partial charge on any atom is 0.161 e. The van der Waals surface area contributed by atoms with Gasteiger partial charge in [0, 0.05) is 6.42 Å². The topological polar surface area (TPSA) is 37.3 Å². The van der Waals surface area contributed by atoms with Gasteiger partial charge >= 0.3 is 0 Å². The molecule has 0 saturated heterocycles. The van der Waals surface area contributed by atoms with Crippen LogP contribution in [0.2, 0.25) is 0 Å². The van der Waals surface area contributed by atoms with E-state index in [9.17, 15) is 4.79 Å². The molecule has 0 radical (unpaired) electrons. The summed E-state index contributed by atoms with van der Waals surface area (Å²) in [5.74, 6) is 0.0485. The molecule has 1 aliphatic carbocycles. The quantitative estimate of drug-likeness (QED) is 0.574. The molecular weight excluding hydrogens is 128 g/mol. The molecule has 1 aliphatic rings. The molecule has 54 valence electrons. The Labute approximate surface area is 59.9 Å². The maximum absolute atomic E-state index is 10.9. The number of hydrogen-bond acceptors (Lipinski definition) is 2. The summed E-state index contributed by atoms with van der Waals surface area (Å²) < 4.78 is 0. The monoisotopic (exact) mass is 138 g/mol. The van der Waals surface area contributed by atoms with Crippen LogP contribution in [0.4, 0.5) is 0 Å². The first-order chi connectivity index (χ1) is 4.74. The highest BCUT2D eigenvalue weighted by molar-refractivity contribution is 5.98. The van der Waals surface area contributed by atoms with Crippen LogP contribution < -0.4 is 0 Å². The van der Waals surface area contributed by atoms with E-state index in [1.807, 2.05) is 0 Å². The third-order valence-electron chi connectivity index (χ3n) is 1.51. The molecule has 1 rings (SSSR count). The predicted octanol–water partition coefficient (Wildman–Crippen LogP) is 0.823. The minimum absolute atomic E-state index is 0.0485. The van der Waals surface area contributed by atoms with Crippen molar-refractivity contribution in [1.29, 1.82) is 0 Å². The van der Waals surface area contributed by atoms with E-state index in [2.05, 4.69) is 6.58 Å². The number of aliphatic hydroxyl groups is 1. The van der Waals surface area contributed by atoms with Gasteiger partial charge in [-0.2, -0.15) is 0 Å². The Morgan fingerprint density at radius 3 is 3.00 bits per heavy atom. The third kappa shape index (κ3) is 1.33. The average molecular weight is 138 g/mol. The van der Waals surface area contributed by atoms with Gasteiger partial charge in [-0.25, -0.2) is 0 Å². The summed E-state index contributed by atoms with van der Waals surface area (Å²) in [5.41, 5.74) is 0.697. The molecule has 0 amide bonds. The highest BCUT2D eigenvalue weighted by Crippen LogP contribution is 2.17. The van der Waals surface area contributed by atoms with Crippen molar-refractivity contribution in [2.45, 2.75) is 18.9 Å². The first-order valence-electron chi connectivity index (χ1n) is 3.27. The number of rotatable bonds is 2. The van der Waals surface area contributed by atoms with Crippen LogP contribution >= 0.6 is 0 Å². The minimum atomic E-state index is -0.553. The zero-order valence-corrected chi connectivity index (χ0v) is 5.71. The molecule has 0 aromatic rings. The van der Waals surface area contributed by atoms with Crippen LogP contribution in [0.5, 0.6) is 0 Å². The molecule has 0 saturated carbocycles. The summed E-state index contributed by atoms with van der Waals surface area (Å²) in [6.45, 7) is 3.51. The lowest BCUT2D eigenvalue weighted by atomic mass is 10.1. The molecule has 2 nitrogen and oxygen atoms in total. The van der Waals surface area contributed by atoms with Gasteiger partial charge in [0.15, 0.2) is 5.78 Å². The molecule has 1 N–H and O–H groups in total. The van der Waals surface area contributed by atoms with Gasteiger partial charge in [-0.15, -0.1) is 6.58 Å². The Morgan fingerprint density at radius 2 is 2.60 bits per heavy atom. The van der Waals surface area contributed by atoms with E-state index >= 15 is 0 Å². The van der Waals surface area contributed by atoms with Crippen LogP contribution in [0, 0.1) is 0 Å². The van der Waals surface area contributed by atoms with E-state index in [4.69, 9.17) is 5.11 Å². The second kappa shape index (κ2) is 2.80. The van der Waals surface area contributed by atoms with E-state index in [1.165, 1.54) is 0 Å². The van der Waals surface area contributed by atoms with E-state index in [0.717, 1.165) is 0 Å². The van der Waals surface area contributed by atoms with Crippen LogP contribution in [0.15, 0.2) is 24.3 Å². The first-order valence-corrected chi connectivity index (χ1v) is 3.27. The van der Waals surface area contributed by atoms with E-state index in [1.54, 1.807) is 12.2 Å². The van der Waals surface area contributed by atoms with Crippen molar-refractivity contribution in [2.75, 3.05) is 0 Å². The van der Waals surface area contributed by atoms with Crippen molar-refractivity contribution in [1.82, 2.24) is 0 Å². The molecule has 1 atom stereocenters. The summed E-state index contributed by atoms with van der Waals surface area (Å²) in [6.07, 6.45) is 3.55. The van der Waals surface area contributed by atoms with Gasteiger partial charge in [0.2, 0.25) is 0 Å². The highest BCUT2D eigenvalue weighted by atomic mass is 16.3. The summed E-state index contributed by atoms with van der Waals surface area (Å²) >= 11 is 0. The lowest BCUT2D eigenvalue weighted by molar-refractivity contribution is -0.115. The van der Waals surface area contributed by atoms with Gasteiger partial charge in [0.1, 0.15) is 0 Å². The van der Waals surface area contributed by atoms with Gasteiger partial charge in [0.05, 0.1) is 6.10 Å². The van der Waals surface area contributed by atoms with Crippen molar-refractivity contribution in [3.05, 3.63) is 24.3 Å². The van der Waals surface area contributed by atoms with Crippen molar-refractivity contribution >= 4 is 5.78 Å². The Bertz CT molecular complexity index is 191. The standard InChI is InChI=1S/C8H10O2/c1-2-3-6-4-7(9)5-8(6)10/h2,4,7,9H,1,3,5H2/t7-/m1/s1. The molecule has 0 spiro atoms. The van der Waals surface area contributed by atoms with Crippen molar-refractivity contribution in [3.63, 3.8) is 0 Å². The maximum atomic E-state index is 10.9. The molecule has 0 aliphatic heterocycles. The summed E-state index contributed by atoms with van der Waals surface area (Å²) in [6, 6.07) is 0. The highest BCUT2D eigenvalue weighted by Gasteiger charge is 2.20. The average Bonchev–Trinajstić information content (AvgIpc) is 2.13. The fraction of sp³-hybridized carbons (Fsp3) is 0.375. The minimum Gasteiger partial charge on any atom is -0.389 e. The predicted molar refractivity (Wildman–Crippen MR) is 38.5 cm³/mol. The number of hydrogen-bond donors (Lipinski definition) is 1. The number of carbonyl (C=O) groups is 1. The summed E-state index contributed by atoms with van der Waals surface area (Å²) in [7, 11) is 0. The molecule has 10 heavy (non-hydrogen) atoms. The van der Waals surface area contributed by atoms with Crippen LogP contribution in [0.25, 0.3) is 0 Å². The Balaban J connectivity index is 2.65. The second-order valence-electron chi connectivity index (χ2n) is 2.38. The molecule has 0 bridgehead atoms. The van der Waals surface area contributed by atoms with Crippen molar-refractivity contribution < 1.29 is 9.90 Å². The lowest BCUT2D eigenvalue weighted by Gasteiger charge is -1.90. The smallest absolute Gasteiger partial charge is 0.161 e. The van der Waals surface area contributed by atoms with Gasteiger partial charge in [0.25, 0.3) is 0 Å². The molecule has 2 heteroatoms. The van der Waals surface area contributed by atoms with Gasteiger partial charge in [-0.1, -0.05) is 6.08 Å². The zero-order valence-electron chi connectivity index (χ0n) is 5.71. The molecule has 0 fully saturated rings. The fourth-order valence-electron chi connectivity index (χ4n) is 1.04. The van der Waals surface area contributed by atoms with Gasteiger partial charge in [-0.3, -0.25) is 4.79 Å². The fourth-order valence-corrected chi connectivity index (χ4v) is 1.04. The van der Waals surface area contributed by atoms with Crippen LogP contribution in [0.3, 0.4) is 0 Å². The summed E-state index contributed by atoms with van der Waals surface area (Å²) in [5, 5.41) is 8.97. The Morgan fingerprint density at radius 1 is 1.90 bits per heavy atom. The van der Waals surface area contributed by atoms with Crippen LogP contribution in [-0.4, -0.2) is 17.0 Å². The number of allylic oxidation sites excluding steroid dienone is 2. The first kappa shape index (κ1) is 7.22. The normalized spacial score (nSPS) is 24.7. The summed E-state index contributed by atoms with van der Waals surface area (Å²) in [4.78, 5) is 10.9. The molecule has 0 unspecified atom stereocenters. The van der Waals surface area contributed by atoms with Crippen LogP contribution in [0.1, 0.15) is 12.8 Å². The van der Waals surface area contributed by atoms with Crippen molar-refractivity contribution in [2.24, 2.45) is 0 Å².